The summed E-state index contributed by atoms with van der Waals surface area (Å²) in [5, 5.41) is 3.58. The van der Waals surface area contributed by atoms with E-state index in [1.807, 2.05) is 4.90 Å². The Hall–Kier alpha value is -0.320. The minimum Gasteiger partial charge on any atom is -0.384 e. The lowest BCUT2D eigenvalue weighted by atomic mass is 9.88. The number of likely N-dealkylation sites (tertiary alicyclic amines) is 1. The van der Waals surface area contributed by atoms with E-state index < -0.39 is 0 Å². The van der Waals surface area contributed by atoms with E-state index in [4.69, 9.17) is 4.74 Å². The molecular formula is C13H25ClN2O2. The van der Waals surface area contributed by atoms with Crippen molar-refractivity contribution in [1.82, 2.24) is 10.2 Å². The monoisotopic (exact) mass is 276 g/mol. The zero-order valence-electron chi connectivity index (χ0n) is 11.2. The fourth-order valence-electron chi connectivity index (χ4n) is 3.01. The molecule has 0 radical (unpaired) electrons. The van der Waals surface area contributed by atoms with Crippen LogP contribution in [0.2, 0.25) is 0 Å². The first-order valence-electron chi connectivity index (χ1n) is 6.81. The van der Waals surface area contributed by atoms with Crippen molar-refractivity contribution in [3.05, 3.63) is 0 Å². The van der Waals surface area contributed by atoms with Crippen LogP contribution in [0.5, 0.6) is 0 Å². The maximum absolute atomic E-state index is 11.8. The van der Waals surface area contributed by atoms with Gasteiger partial charge in [0.2, 0.25) is 5.91 Å². The molecule has 2 saturated heterocycles. The number of rotatable bonds is 4. The van der Waals surface area contributed by atoms with Gasteiger partial charge in [0.25, 0.3) is 0 Å². The molecule has 2 aliphatic heterocycles. The van der Waals surface area contributed by atoms with Crippen LogP contribution in [0.15, 0.2) is 0 Å². The van der Waals surface area contributed by atoms with E-state index in [9.17, 15) is 4.79 Å². The molecule has 0 saturated carbocycles. The van der Waals surface area contributed by atoms with E-state index in [1.54, 1.807) is 7.11 Å². The number of amides is 1. The summed E-state index contributed by atoms with van der Waals surface area (Å²) < 4.78 is 4.95. The van der Waals surface area contributed by atoms with Gasteiger partial charge in [-0.3, -0.25) is 4.79 Å². The van der Waals surface area contributed by atoms with Crippen LogP contribution < -0.4 is 5.32 Å². The summed E-state index contributed by atoms with van der Waals surface area (Å²) >= 11 is 0. The van der Waals surface area contributed by atoms with Crippen LogP contribution in [0.1, 0.15) is 32.1 Å². The third-order valence-corrected chi connectivity index (χ3v) is 4.08. The first kappa shape index (κ1) is 15.7. The topological polar surface area (TPSA) is 41.6 Å². The highest BCUT2D eigenvalue weighted by molar-refractivity contribution is 5.85. The van der Waals surface area contributed by atoms with E-state index in [-0.39, 0.29) is 18.3 Å². The Morgan fingerprint density at radius 3 is 2.61 bits per heavy atom. The Kier molecular flexibility index (Phi) is 6.97. The second-order valence-corrected chi connectivity index (χ2v) is 5.16. The van der Waals surface area contributed by atoms with E-state index >= 15 is 0 Å². The molecule has 1 amide bonds. The Balaban J connectivity index is 0.00000162. The lowest BCUT2D eigenvalue weighted by Crippen LogP contribution is -2.43. The Labute approximate surface area is 116 Å². The minimum absolute atomic E-state index is 0. The fraction of sp³-hybridized carbons (Fsp3) is 0.923. The Morgan fingerprint density at radius 1 is 1.33 bits per heavy atom. The molecule has 2 fully saturated rings. The molecule has 1 N–H and O–H groups in total. The van der Waals surface area contributed by atoms with Crippen LogP contribution in [-0.4, -0.2) is 50.2 Å². The number of carbonyl (C=O) groups is 1. The van der Waals surface area contributed by atoms with Crippen molar-refractivity contribution in [3.63, 3.8) is 0 Å². The number of hydrogen-bond donors (Lipinski definition) is 1. The quantitative estimate of drug-likeness (QED) is 0.845. The standard InChI is InChI=1S/C13H24N2O2.ClH/c1-17-10-6-13(16)15-8-4-11(5-9-15)12-3-2-7-14-12;/h11-12,14H,2-10H2,1H3;1H. The molecule has 0 bridgehead atoms. The lowest BCUT2D eigenvalue weighted by Gasteiger charge is -2.35. The highest BCUT2D eigenvalue weighted by Crippen LogP contribution is 2.25. The maximum atomic E-state index is 11.8. The van der Waals surface area contributed by atoms with Gasteiger partial charge in [-0.2, -0.15) is 0 Å². The molecule has 1 atom stereocenters. The van der Waals surface area contributed by atoms with Crippen molar-refractivity contribution in [2.75, 3.05) is 33.4 Å². The van der Waals surface area contributed by atoms with Gasteiger partial charge < -0.3 is 15.0 Å². The van der Waals surface area contributed by atoms with Gasteiger partial charge in [0, 0.05) is 26.2 Å². The maximum Gasteiger partial charge on any atom is 0.224 e. The van der Waals surface area contributed by atoms with Crippen molar-refractivity contribution in [2.45, 2.75) is 38.1 Å². The molecule has 1 unspecified atom stereocenters. The number of piperidine rings is 1. The second kappa shape index (κ2) is 7.97. The molecule has 2 rings (SSSR count). The van der Waals surface area contributed by atoms with Gasteiger partial charge >= 0.3 is 0 Å². The molecular weight excluding hydrogens is 252 g/mol. The predicted molar refractivity (Wildman–Crippen MR) is 74.1 cm³/mol. The van der Waals surface area contributed by atoms with Crippen molar-refractivity contribution in [2.24, 2.45) is 5.92 Å². The van der Waals surface area contributed by atoms with Crippen molar-refractivity contribution in [3.8, 4) is 0 Å². The zero-order chi connectivity index (χ0) is 12.1. The number of nitrogens with zero attached hydrogens (tertiary/aromatic N) is 1. The largest absolute Gasteiger partial charge is 0.384 e. The Bertz CT molecular complexity index is 249. The van der Waals surface area contributed by atoms with Gasteiger partial charge in [-0.1, -0.05) is 0 Å². The molecule has 106 valence electrons. The van der Waals surface area contributed by atoms with Crippen LogP contribution in [-0.2, 0) is 9.53 Å². The first-order chi connectivity index (χ1) is 8.31. The van der Waals surface area contributed by atoms with Crippen LogP contribution in [0, 0.1) is 5.92 Å². The number of hydrogen-bond acceptors (Lipinski definition) is 3. The zero-order valence-corrected chi connectivity index (χ0v) is 12.0. The normalized spacial score (nSPS) is 24.9. The lowest BCUT2D eigenvalue weighted by molar-refractivity contribution is -0.133. The van der Waals surface area contributed by atoms with Gasteiger partial charge in [-0.05, 0) is 38.1 Å². The molecule has 0 spiro atoms. The average Bonchev–Trinajstić information content (AvgIpc) is 2.90. The van der Waals surface area contributed by atoms with Gasteiger partial charge in [-0.15, -0.1) is 12.4 Å². The van der Waals surface area contributed by atoms with Gasteiger partial charge in [0.05, 0.1) is 13.0 Å². The molecule has 18 heavy (non-hydrogen) atoms. The van der Waals surface area contributed by atoms with E-state index in [1.165, 1.54) is 19.4 Å². The smallest absolute Gasteiger partial charge is 0.224 e. The van der Waals surface area contributed by atoms with Crippen molar-refractivity contribution in [1.29, 1.82) is 0 Å². The summed E-state index contributed by atoms with van der Waals surface area (Å²) in [5.41, 5.74) is 0. The molecule has 0 aromatic heterocycles. The highest BCUT2D eigenvalue weighted by Gasteiger charge is 2.29. The van der Waals surface area contributed by atoms with Crippen LogP contribution in [0.25, 0.3) is 0 Å². The van der Waals surface area contributed by atoms with E-state index in [2.05, 4.69) is 5.32 Å². The summed E-state index contributed by atoms with van der Waals surface area (Å²) in [6.07, 6.45) is 5.50. The van der Waals surface area contributed by atoms with Gasteiger partial charge in [0.15, 0.2) is 0 Å². The third-order valence-electron chi connectivity index (χ3n) is 4.08. The van der Waals surface area contributed by atoms with E-state index in [0.717, 1.165) is 31.8 Å². The fourth-order valence-corrected chi connectivity index (χ4v) is 3.01. The molecule has 2 heterocycles. The summed E-state index contributed by atoms with van der Waals surface area (Å²) in [6.45, 7) is 3.59. The number of ether oxygens (including phenoxy) is 1. The summed E-state index contributed by atoms with van der Waals surface area (Å²) in [4.78, 5) is 13.8. The van der Waals surface area contributed by atoms with Crippen LogP contribution >= 0.6 is 12.4 Å². The minimum atomic E-state index is 0. The number of carbonyl (C=O) groups excluding carboxylic acids is 1. The average molecular weight is 277 g/mol. The molecule has 0 aromatic rings. The Morgan fingerprint density at radius 2 is 2.06 bits per heavy atom. The SMILES string of the molecule is COCCC(=O)N1CCC(C2CCCN2)CC1.Cl. The second-order valence-electron chi connectivity index (χ2n) is 5.16. The first-order valence-corrected chi connectivity index (χ1v) is 6.81. The molecule has 2 aliphatic rings. The molecule has 0 aliphatic carbocycles. The molecule has 5 heteroatoms. The van der Waals surface area contributed by atoms with Gasteiger partial charge in [0.1, 0.15) is 0 Å². The highest BCUT2D eigenvalue weighted by atomic mass is 35.5. The summed E-state index contributed by atoms with van der Waals surface area (Å²) in [6, 6.07) is 0.714. The summed E-state index contributed by atoms with van der Waals surface area (Å²) in [5.74, 6) is 1.04. The number of methoxy groups -OCH3 is 1. The van der Waals surface area contributed by atoms with Gasteiger partial charge in [-0.25, -0.2) is 0 Å². The van der Waals surface area contributed by atoms with Crippen molar-refractivity contribution >= 4 is 18.3 Å². The summed E-state index contributed by atoms with van der Waals surface area (Å²) in [7, 11) is 1.64. The van der Waals surface area contributed by atoms with E-state index in [0.29, 0.717) is 19.1 Å². The third kappa shape index (κ3) is 4.11. The number of halogens is 1. The van der Waals surface area contributed by atoms with Crippen LogP contribution in [0.3, 0.4) is 0 Å². The van der Waals surface area contributed by atoms with Crippen LogP contribution in [0.4, 0.5) is 0 Å². The number of nitrogens with one attached hydrogen (secondary N) is 1. The predicted octanol–water partition coefficient (Wildman–Crippen LogP) is 1.44. The molecule has 0 aromatic carbocycles. The molecule has 4 nitrogen and oxygen atoms in total. The van der Waals surface area contributed by atoms with Crippen molar-refractivity contribution < 1.29 is 9.53 Å².